The molecule has 8 nitrogen and oxygen atoms in total. The fraction of sp³-hybridized carbons (Fsp3) is 0.364. The number of amides is 2. The van der Waals surface area contributed by atoms with Crippen LogP contribution < -0.4 is 10.6 Å². The molecule has 0 bridgehead atoms. The standard InChI is InChI=1S/C22H18N4O4/c23-10-22(14-8-29-9-15(14)22)18-4-2-12(7-25-18)11-1-3-16-13(5-11)6-17-19(20(24)27)30-21(28)26(16)17/h1-5,7,14-15,17,19H,6,8-9H2,(H2,24,27)/t14-,15+,17-,19+,22?/m0/s1. The van der Waals surface area contributed by atoms with Crippen molar-refractivity contribution in [1.82, 2.24) is 4.98 Å². The SMILES string of the molecule is N#CC1(c2ccc(-c3ccc4c(c3)C[C@H]3[C@H](C(N)=O)OC(=O)N43)cn2)[C@@H]2COC[C@@H]21. The monoisotopic (exact) mass is 402 g/mol. The zero-order chi connectivity index (χ0) is 20.6. The summed E-state index contributed by atoms with van der Waals surface area (Å²) in [6.45, 7) is 1.25. The van der Waals surface area contributed by atoms with Gasteiger partial charge in [0.1, 0.15) is 5.41 Å². The maximum Gasteiger partial charge on any atom is 0.415 e. The lowest BCUT2D eigenvalue weighted by atomic mass is 9.96. The molecular formula is C22H18N4O4. The van der Waals surface area contributed by atoms with Crippen molar-refractivity contribution in [2.75, 3.05) is 18.1 Å². The fourth-order valence-corrected chi connectivity index (χ4v) is 5.39. The van der Waals surface area contributed by atoms with Gasteiger partial charge in [-0.05, 0) is 35.7 Å². The van der Waals surface area contributed by atoms with Gasteiger partial charge in [-0.3, -0.25) is 14.7 Å². The van der Waals surface area contributed by atoms with Crippen molar-refractivity contribution >= 4 is 17.7 Å². The number of nitrogens with two attached hydrogens (primary N) is 1. The largest absolute Gasteiger partial charge is 0.433 e. The molecule has 5 atom stereocenters. The van der Waals surface area contributed by atoms with Crippen LogP contribution in [0.5, 0.6) is 0 Å². The van der Waals surface area contributed by atoms with Crippen molar-refractivity contribution in [3.05, 3.63) is 47.8 Å². The van der Waals surface area contributed by atoms with E-state index < -0.39 is 29.6 Å². The lowest BCUT2D eigenvalue weighted by Crippen LogP contribution is -2.40. The zero-order valence-corrected chi connectivity index (χ0v) is 15.9. The van der Waals surface area contributed by atoms with Crippen molar-refractivity contribution < 1.29 is 19.1 Å². The van der Waals surface area contributed by atoms with E-state index in [9.17, 15) is 14.9 Å². The number of fused-ring (bicyclic) bond motifs is 4. The number of rotatable bonds is 3. The van der Waals surface area contributed by atoms with Gasteiger partial charge in [-0.1, -0.05) is 12.1 Å². The van der Waals surface area contributed by atoms with Gasteiger partial charge >= 0.3 is 6.09 Å². The Morgan fingerprint density at radius 2 is 2.00 bits per heavy atom. The number of carbonyl (C=O) groups excluding carboxylic acids is 2. The Kier molecular flexibility index (Phi) is 3.37. The third kappa shape index (κ3) is 2.10. The molecule has 1 aliphatic carbocycles. The molecule has 8 heteroatoms. The lowest BCUT2D eigenvalue weighted by Gasteiger charge is -2.14. The van der Waals surface area contributed by atoms with E-state index in [-0.39, 0.29) is 11.8 Å². The maximum atomic E-state index is 12.2. The summed E-state index contributed by atoms with van der Waals surface area (Å²) in [5, 5.41) is 9.75. The Labute approximate surface area is 172 Å². The first-order valence-corrected chi connectivity index (χ1v) is 9.92. The van der Waals surface area contributed by atoms with Crippen LogP contribution in [0, 0.1) is 23.2 Å². The Morgan fingerprint density at radius 3 is 2.67 bits per heavy atom. The van der Waals surface area contributed by atoms with Crippen LogP contribution in [-0.2, 0) is 26.1 Å². The minimum atomic E-state index is -0.932. The average molecular weight is 402 g/mol. The van der Waals surface area contributed by atoms with Gasteiger partial charge in [-0.25, -0.2) is 4.79 Å². The third-order valence-electron chi connectivity index (χ3n) is 7.00. The summed E-state index contributed by atoms with van der Waals surface area (Å²) in [5.41, 5.74) is 9.29. The van der Waals surface area contributed by atoms with Crippen molar-refractivity contribution in [3.8, 4) is 17.2 Å². The first-order chi connectivity index (χ1) is 14.5. The second-order valence-electron chi connectivity index (χ2n) is 8.36. The third-order valence-corrected chi connectivity index (χ3v) is 7.00. The Bertz CT molecular complexity index is 1130. The Hall–Kier alpha value is -3.44. The molecule has 2 amide bonds. The van der Waals surface area contributed by atoms with Gasteiger partial charge in [0.05, 0.1) is 36.7 Å². The molecule has 4 aliphatic rings. The molecule has 4 heterocycles. The summed E-state index contributed by atoms with van der Waals surface area (Å²) >= 11 is 0. The summed E-state index contributed by atoms with van der Waals surface area (Å²) in [4.78, 5) is 29.9. The molecule has 0 spiro atoms. The minimum absolute atomic E-state index is 0.243. The molecule has 1 aromatic carbocycles. The molecule has 1 aromatic heterocycles. The molecule has 30 heavy (non-hydrogen) atoms. The second kappa shape index (κ2) is 5.80. The van der Waals surface area contributed by atoms with Crippen molar-refractivity contribution in [2.24, 2.45) is 17.6 Å². The topological polar surface area (TPSA) is 119 Å². The molecule has 1 unspecified atom stereocenters. The van der Waals surface area contributed by atoms with E-state index in [1.807, 2.05) is 30.3 Å². The van der Waals surface area contributed by atoms with E-state index >= 15 is 0 Å². The summed E-state index contributed by atoms with van der Waals surface area (Å²) in [5.74, 6) is -0.148. The second-order valence-corrected chi connectivity index (χ2v) is 8.36. The van der Waals surface area contributed by atoms with Gasteiger partial charge in [0.25, 0.3) is 5.91 Å². The van der Waals surface area contributed by atoms with Crippen LogP contribution in [0.15, 0.2) is 36.5 Å². The number of hydrogen-bond donors (Lipinski definition) is 1. The number of nitrogens with zero attached hydrogens (tertiary/aromatic N) is 3. The van der Waals surface area contributed by atoms with Crippen LogP contribution in [0.3, 0.4) is 0 Å². The molecule has 150 valence electrons. The number of benzene rings is 1. The Balaban J connectivity index is 1.30. The van der Waals surface area contributed by atoms with Gasteiger partial charge in [-0.2, -0.15) is 5.26 Å². The molecule has 2 saturated heterocycles. The smallest absolute Gasteiger partial charge is 0.415 e. The fourth-order valence-electron chi connectivity index (χ4n) is 5.39. The number of pyridine rings is 1. The van der Waals surface area contributed by atoms with E-state index in [2.05, 4.69) is 11.1 Å². The lowest BCUT2D eigenvalue weighted by molar-refractivity contribution is -0.125. The van der Waals surface area contributed by atoms with Gasteiger partial charge in [0, 0.05) is 23.6 Å². The molecule has 2 N–H and O–H groups in total. The van der Waals surface area contributed by atoms with E-state index in [0.717, 1.165) is 28.1 Å². The number of cyclic esters (lactones) is 1. The average Bonchev–Trinajstić information content (AvgIpc) is 3.16. The van der Waals surface area contributed by atoms with Gasteiger partial charge < -0.3 is 15.2 Å². The van der Waals surface area contributed by atoms with Crippen LogP contribution in [0.25, 0.3) is 11.1 Å². The van der Waals surface area contributed by atoms with Gasteiger partial charge in [0.15, 0.2) is 0 Å². The number of hydrogen-bond acceptors (Lipinski definition) is 6. The number of carbonyl (C=O) groups is 2. The minimum Gasteiger partial charge on any atom is -0.433 e. The highest BCUT2D eigenvalue weighted by atomic mass is 16.6. The summed E-state index contributed by atoms with van der Waals surface area (Å²) in [7, 11) is 0. The van der Waals surface area contributed by atoms with E-state index in [1.54, 1.807) is 6.20 Å². The van der Waals surface area contributed by atoms with Crippen LogP contribution in [0.4, 0.5) is 10.5 Å². The molecule has 0 radical (unpaired) electrons. The highest BCUT2D eigenvalue weighted by molar-refractivity contribution is 5.99. The normalized spacial score (nSPS) is 32.8. The van der Waals surface area contributed by atoms with Crippen LogP contribution in [0.2, 0.25) is 0 Å². The molecular weight excluding hydrogens is 384 g/mol. The molecule has 3 fully saturated rings. The molecule has 2 aromatic rings. The molecule has 1 saturated carbocycles. The number of primary amides is 1. The zero-order valence-electron chi connectivity index (χ0n) is 15.9. The Morgan fingerprint density at radius 1 is 1.23 bits per heavy atom. The first kappa shape index (κ1) is 17.4. The van der Waals surface area contributed by atoms with Crippen molar-refractivity contribution in [2.45, 2.75) is 24.0 Å². The number of ether oxygens (including phenoxy) is 2. The predicted octanol–water partition coefficient (Wildman–Crippen LogP) is 1.52. The van der Waals surface area contributed by atoms with E-state index in [1.165, 1.54) is 4.90 Å². The number of aromatic nitrogens is 1. The van der Waals surface area contributed by atoms with Crippen molar-refractivity contribution in [1.29, 1.82) is 5.26 Å². The summed E-state index contributed by atoms with van der Waals surface area (Å²) < 4.78 is 10.6. The maximum absolute atomic E-state index is 12.2. The van der Waals surface area contributed by atoms with Crippen LogP contribution >= 0.6 is 0 Å². The van der Waals surface area contributed by atoms with Gasteiger partial charge in [-0.15, -0.1) is 0 Å². The van der Waals surface area contributed by atoms with E-state index in [4.69, 9.17) is 15.2 Å². The first-order valence-electron chi connectivity index (χ1n) is 9.92. The van der Waals surface area contributed by atoms with E-state index in [0.29, 0.717) is 19.6 Å². The highest BCUT2D eigenvalue weighted by Gasteiger charge is 2.70. The van der Waals surface area contributed by atoms with Gasteiger partial charge in [0.2, 0.25) is 6.10 Å². The number of anilines is 1. The number of nitriles is 1. The van der Waals surface area contributed by atoms with Crippen molar-refractivity contribution in [3.63, 3.8) is 0 Å². The highest BCUT2D eigenvalue weighted by Crippen LogP contribution is 2.62. The van der Waals surface area contributed by atoms with Crippen LogP contribution in [-0.4, -0.2) is 42.3 Å². The predicted molar refractivity (Wildman–Crippen MR) is 104 cm³/mol. The molecule has 6 rings (SSSR count). The summed E-state index contributed by atoms with van der Waals surface area (Å²) in [6, 6.07) is 11.8. The quantitative estimate of drug-likeness (QED) is 0.832. The van der Waals surface area contributed by atoms with Crippen LogP contribution in [0.1, 0.15) is 11.3 Å². The molecule has 3 aliphatic heterocycles. The summed E-state index contributed by atoms with van der Waals surface area (Å²) in [6.07, 6.45) is 0.830.